The third kappa shape index (κ3) is 2.91. The Morgan fingerprint density at radius 2 is 2.05 bits per heavy atom. The summed E-state index contributed by atoms with van der Waals surface area (Å²) in [6.07, 6.45) is -1.11. The van der Waals surface area contributed by atoms with E-state index in [1.54, 1.807) is 27.7 Å². The second-order valence-corrected chi connectivity index (χ2v) is 9.65. The van der Waals surface area contributed by atoms with Crippen molar-refractivity contribution >= 4 is 33.8 Å². The molecular formula is C12H19NO6S2. The van der Waals surface area contributed by atoms with Crippen molar-refractivity contribution in [3.8, 4) is 0 Å². The highest BCUT2D eigenvalue weighted by molar-refractivity contribution is 8.01. The summed E-state index contributed by atoms with van der Waals surface area (Å²) < 4.78 is 28.0. The minimum absolute atomic E-state index is 0.110. The first-order valence-corrected chi connectivity index (χ1v) is 9.06. The summed E-state index contributed by atoms with van der Waals surface area (Å²) in [5.74, 6) is -1.94. The number of carboxylic acid groups (broad SMARTS) is 1. The Morgan fingerprint density at radius 3 is 2.52 bits per heavy atom. The van der Waals surface area contributed by atoms with Crippen LogP contribution in [0.15, 0.2) is 0 Å². The molecule has 0 bridgehead atoms. The number of rotatable bonds is 5. The lowest BCUT2D eigenvalue weighted by atomic mass is 9.97. The Kier molecular flexibility index (Phi) is 4.05. The monoisotopic (exact) mass is 337 g/mol. The maximum Gasteiger partial charge on any atom is 0.327 e. The van der Waals surface area contributed by atoms with Crippen LogP contribution in [-0.2, 0) is 23.9 Å². The van der Waals surface area contributed by atoms with Gasteiger partial charge in [-0.1, -0.05) is 13.8 Å². The van der Waals surface area contributed by atoms with Crippen LogP contribution < -0.4 is 0 Å². The topological polar surface area (TPSA) is 101 Å². The van der Waals surface area contributed by atoms with E-state index in [-0.39, 0.29) is 11.7 Å². The predicted octanol–water partition coefficient (Wildman–Crippen LogP) is 0.504. The Morgan fingerprint density at radius 1 is 1.48 bits per heavy atom. The Hall–Kier alpha value is -0.800. The maximum atomic E-state index is 12.1. The van der Waals surface area contributed by atoms with Crippen LogP contribution in [-0.4, -0.2) is 58.3 Å². The summed E-state index contributed by atoms with van der Waals surface area (Å²) >= 11 is 1.26. The molecule has 1 N–H and O–H groups in total. The molecule has 0 aromatic rings. The summed E-state index contributed by atoms with van der Waals surface area (Å²) in [6, 6.07) is -0.965. The van der Waals surface area contributed by atoms with Crippen LogP contribution in [0.1, 0.15) is 27.7 Å². The summed E-state index contributed by atoms with van der Waals surface area (Å²) in [7, 11) is -3.80. The van der Waals surface area contributed by atoms with Crippen molar-refractivity contribution in [2.24, 2.45) is 5.92 Å². The minimum atomic E-state index is -3.80. The maximum absolute atomic E-state index is 12.1. The largest absolute Gasteiger partial charge is 0.480 e. The summed E-state index contributed by atoms with van der Waals surface area (Å²) in [5, 5.41) is 8.70. The highest BCUT2D eigenvalue weighted by Gasteiger charge is 2.65. The first-order chi connectivity index (χ1) is 9.46. The molecule has 2 aliphatic rings. The number of hydrogen-bond donors (Lipinski definition) is 1. The van der Waals surface area contributed by atoms with E-state index in [1.165, 1.54) is 16.7 Å². The van der Waals surface area contributed by atoms with Crippen molar-refractivity contribution in [3.05, 3.63) is 0 Å². The van der Waals surface area contributed by atoms with Gasteiger partial charge in [-0.3, -0.25) is 8.98 Å². The first kappa shape index (κ1) is 16.6. The summed E-state index contributed by atoms with van der Waals surface area (Å²) in [5.41, 5.74) is 0. The zero-order valence-electron chi connectivity index (χ0n) is 12.3. The van der Waals surface area contributed by atoms with Gasteiger partial charge in [0, 0.05) is 4.75 Å². The SMILES string of the molecule is CC(C)CS(=O)(=O)O[C@@H]1C(=O)N2[C@@H]1SC(C)(C)[C@@H]2C(=O)O. The Balaban J connectivity index is 2.15. The zero-order valence-corrected chi connectivity index (χ0v) is 13.9. The molecule has 120 valence electrons. The minimum Gasteiger partial charge on any atom is -0.480 e. The molecular weight excluding hydrogens is 318 g/mol. The molecule has 0 aliphatic carbocycles. The van der Waals surface area contributed by atoms with Gasteiger partial charge >= 0.3 is 5.97 Å². The van der Waals surface area contributed by atoms with E-state index in [2.05, 4.69) is 0 Å². The van der Waals surface area contributed by atoms with Crippen LogP contribution in [0.4, 0.5) is 0 Å². The van der Waals surface area contributed by atoms with Gasteiger partial charge < -0.3 is 10.0 Å². The molecule has 0 spiro atoms. The average molecular weight is 337 g/mol. The van der Waals surface area contributed by atoms with Crippen LogP contribution in [0.3, 0.4) is 0 Å². The molecule has 7 nitrogen and oxygen atoms in total. The van der Waals surface area contributed by atoms with E-state index in [4.69, 9.17) is 4.18 Å². The fourth-order valence-corrected chi connectivity index (χ4v) is 5.74. The van der Waals surface area contributed by atoms with Gasteiger partial charge in [-0.15, -0.1) is 11.8 Å². The molecule has 0 aromatic carbocycles. The molecule has 9 heteroatoms. The van der Waals surface area contributed by atoms with E-state index in [0.29, 0.717) is 0 Å². The van der Waals surface area contributed by atoms with E-state index in [9.17, 15) is 23.1 Å². The third-order valence-corrected chi connectivity index (χ3v) is 6.54. The van der Waals surface area contributed by atoms with Crippen molar-refractivity contribution in [2.45, 2.75) is 50.0 Å². The Bertz CT molecular complexity index is 570. The molecule has 2 aliphatic heterocycles. The van der Waals surface area contributed by atoms with E-state index >= 15 is 0 Å². The highest BCUT2D eigenvalue weighted by Crippen LogP contribution is 2.51. The average Bonchev–Trinajstić information content (AvgIpc) is 2.53. The predicted molar refractivity (Wildman–Crippen MR) is 77.2 cm³/mol. The summed E-state index contributed by atoms with van der Waals surface area (Å²) in [4.78, 5) is 24.6. The molecule has 2 rings (SSSR count). The quantitative estimate of drug-likeness (QED) is 0.576. The molecule has 3 atom stereocenters. The molecule has 0 radical (unpaired) electrons. The molecule has 0 unspecified atom stereocenters. The molecule has 2 saturated heterocycles. The lowest BCUT2D eigenvalue weighted by Crippen LogP contribution is -2.66. The molecule has 0 saturated carbocycles. The van der Waals surface area contributed by atoms with Gasteiger partial charge in [0.05, 0.1) is 5.75 Å². The molecule has 2 heterocycles. The Labute approximate surface area is 128 Å². The second kappa shape index (κ2) is 5.13. The van der Waals surface area contributed by atoms with Crippen LogP contribution >= 0.6 is 11.8 Å². The number of carbonyl (C=O) groups is 2. The third-order valence-electron chi connectivity index (χ3n) is 3.41. The van der Waals surface area contributed by atoms with Gasteiger partial charge in [-0.2, -0.15) is 8.42 Å². The van der Waals surface area contributed by atoms with Crippen molar-refractivity contribution in [3.63, 3.8) is 0 Å². The fourth-order valence-electron chi connectivity index (χ4n) is 2.67. The van der Waals surface area contributed by atoms with Gasteiger partial charge in [0.1, 0.15) is 11.4 Å². The van der Waals surface area contributed by atoms with E-state index in [1.807, 2.05) is 0 Å². The number of thioether (sulfide) groups is 1. The van der Waals surface area contributed by atoms with Crippen LogP contribution in [0.5, 0.6) is 0 Å². The number of amides is 1. The number of hydrogen-bond acceptors (Lipinski definition) is 6. The van der Waals surface area contributed by atoms with Crippen LogP contribution in [0.25, 0.3) is 0 Å². The number of carboxylic acids is 1. The fraction of sp³-hybridized carbons (Fsp3) is 0.833. The number of β-lactam (4-membered cyclic amide) rings is 1. The standard InChI is InChI=1S/C12H19NO6S2/c1-6(2)5-21(17,18)19-7-9(14)13-8(11(15)16)12(3,4)20-10(7)13/h6-8,10H,5H2,1-4H3,(H,15,16)/t7-,8+,10-/m1/s1. The van der Waals surface area contributed by atoms with Gasteiger partial charge in [0.25, 0.3) is 16.0 Å². The first-order valence-electron chi connectivity index (χ1n) is 6.60. The van der Waals surface area contributed by atoms with E-state index in [0.717, 1.165) is 0 Å². The molecule has 2 fully saturated rings. The van der Waals surface area contributed by atoms with Crippen molar-refractivity contribution in [1.82, 2.24) is 4.90 Å². The van der Waals surface area contributed by atoms with Gasteiger partial charge in [0.15, 0.2) is 6.10 Å². The lowest BCUT2D eigenvalue weighted by Gasteiger charge is -2.42. The number of nitrogens with zero attached hydrogens (tertiary/aromatic N) is 1. The number of fused-ring (bicyclic) bond motifs is 1. The molecule has 21 heavy (non-hydrogen) atoms. The van der Waals surface area contributed by atoms with Crippen molar-refractivity contribution in [1.29, 1.82) is 0 Å². The smallest absolute Gasteiger partial charge is 0.327 e. The second-order valence-electron chi connectivity index (χ2n) is 6.23. The van der Waals surface area contributed by atoms with Gasteiger partial charge in [-0.05, 0) is 19.8 Å². The van der Waals surface area contributed by atoms with Gasteiger partial charge in [0.2, 0.25) is 0 Å². The van der Waals surface area contributed by atoms with Crippen molar-refractivity contribution < 1.29 is 27.3 Å². The van der Waals surface area contributed by atoms with E-state index < -0.39 is 44.3 Å². The van der Waals surface area contributed by atoms with Crippen molar-refractivity contribution in [2.75, 3.05) is 5.75 Å². The highest BCUT2D eigenvalue weighted by atomic mass is 32.2. The van der Waals surface area contributed by atoms with Crippen LogP contribution in [0, 0.1) is 5.92 Å². The number of aliphatic carboxylic acids is 1. The number of carbonyl (C=O) groups excluding carboxylic acids is 1. The zero-order chi connectivity index (χ0) is 16.2. The summed E-state index contributed by atoms with van der Waals surface area (Å²) in [6.45, 7) is 6.93. The van der Waals surface area contributed by atoms with Gasteiger partial charge in [-0.25, -0.2) is 4.79 Å². The normalized spacial score (nSPS) is 31.2. The molecule has 1 amide bonds. The molecule has 0 aromatic heterocycles. The van der Waals surface area contributed by atoms with Crippen LogP contribution in [0.2, 0.25) is 0 Å². The lowest BCUT2D eigenvalue weighted by molar-refractivity contribution is -0.167.